The smallest absolute Gasteiger partial charge is 0.422 e. The standard InChI is InChI=1S/C16H15F3N2O4S/c1-2-26(23,24)13-6-4-3-5-12(13)15(22)21-11-7-8-14(20-9-11)25-10-16(17,18)19/h3-9H,2,10H2,1H3,(H,21,22). The third-order valence-electron chi connectivity index (χ3n) is 3.22. The Hall–Kier alpha value is -2.62. The van der Waals surface area contributed by atoms with Gasteiger partial charge in [-0.1, -0.05) is 19.1 Å². The van der Waals surface area contributed by atoms with Gasteiger partial charge >= 0.3 is 6.18 Å². The number of halogens is 3. The van der Waals surface area contributed by atoms with Crippen molar-refractivity contribution in [3.63, 3.8) is 0 Å². The van der Waals surface area contributed by atoms with Crippen LogP contribution in [0.5, 0.6) is 5.88 Å². The van der Waals surface area contributed by atoms with Gasteiger partial charge in [0.2, 0.25) is 5.88 Å². The Morgan fingerprint density at radius 3 is 2.46 bits per heavy atom. The Bertz CT molecular complexity index is 881. The topological polar surface area (TPSA) is 85.4 Å². The van der Waals surface area contributed by atoms with Crippen molar-refractivity contribution in [2.45, 2.75) is 18.0 Å². The number of nitrogens with zero attached hydrogens (tertiary/aromatic N) is 1. The number of benzene rings is 1. The van der Waals surface area contributed by atoms with Gasteiger partial charge in [-0.05, 0) is 18.2 Å². The quantitative estimate of drug-likeness (QED) is 0.822. The highest BCUT2D eigenvalue weighted by atomic mass is 32.2. The minimum atomic E-state index is -4.48. The van der Waals surface area contributed by atoms with Gasteiger partial charge in [-0.25, -0.2) is 13.4 Å². The van der Waals surface area contributed by atoms with Crippen LogP contribution in [0.4, 0.5) is 18.9 Å². The molecule has 0 saturated heterocycles. The number of alkyl halides is 3. The molecule has 0 bridgehead atoms. The van der Waals surface area contributed by atoms with Crippen LogP contribution < -0.4 is 10.1 Å². The molecule has 1 aromatic carbocycles. The fraction of sp³-hybridized carbons (Fsp3) is 0.250. The molecule has 6 nitrogen and oxygen atoms in total. The molecule has 2 aromatic rings. The highest BCUT2D eigenvalue weighted by molar-refractivity contribution is 7.91. The van der Waals surface area contributed by atoms with Gasteiger partial charge in [-0.15, -0.1) is 0 Å². The van der Waals surface area contributed by atoms with E-state index >= 15 is 0 Å². The highest BCUT2D eigenvalue weighted by Crippen LogP contribution is 2.20. The number of amides is 1. The van der Waals surface area contributed by atoms with Crippen molar-refractivity contribution in [3.05, 3.63) is 48.2 Å². The second-order valence-electron chi connectivity index (χ2n) is 5.14. The van der Waals surface area contributed by atoms with Gasteiger partial charge in [0.15, 0.2) is 16.4 Å². The maximum atomic E-state index is 12.4. The van der Waals surface area contributed by atoms with Crippen LogP contribution in [-0.4, -0.2) is 37.8 Å². The van der Waals surface area contributed by atoms with Crippen molar-refractivity contribution < 1.29 is 31.1 Å². The molecule has 0 saturated carbocycles. The third kappa shape index (κ3) is 5.19. The van der Waals surface area contributed by atoms with Gasteiger partial charge in [0.25, 0.3) is 5.91 Å². The number of aromatic nitrogens is 1. The van der Waals surface area contributed by atoms with Crippen LogP contribution in [0.15, 0.2) is 47.5 Å². The van der Waals surface area contributed by atoms with E-state index in [0.29, 0.717) is 0 Å². The lowest BCUT2D eigenvalue weighted by Gasteiger charge is -2.11. The Balaban J connectivity index is 2.14. The molecular formula is C16H15F3N2O4S. The second-order valence-corrected chi connectivity index (χ2v) is 7.39. The van der Waals surface area contributed by atoms with E-state index in [9.17, 15) is 26.4 Å². The Kier molecular flexibility index (Phi) is 5.86. The van der Waals surface area contributed by atoms with Gasteiger partial charge in [-0.2, -0.15) is 13.2 Å². The Morgan fingerprint density at radius 1 is 1.19 bits per heavy atom. The van der Waals surface area contributed by atoms with E-state index in [-0.39, 0.29) is 27.8 Å². The summed E-state index contributed by atoms with van der Waals surface area (Å²) in [4.78, 5) is 15.9. The van der Waals surface area contributed by atoms with Gasteiger partial charge < -0.3 is 10.1 Å². The summed E-state index contributed by atoms with van der Waals surface area (Å²) < 4.78 is 64.9. The zero-order chi connectivity index (χ0) is 19.4. The minimum absolute atomic E-state index is 0.0354. The van der Waals surface area contributed by atoms with E-state index in [1.54, 1.807) is 0 Å². The van der Waals surface area contributed by atoms with E-state index in [1.807, 2.05) is 0 Å². The Labute approximate surface area is 147 Å². The van der Waals surface area contributed by atoms with Crippen LogP contribution in [0.3, 0.4) is 0 Å². The van der Waals surface area contributed by atoms with Crippen molar-refractivity contribution in [3.8, 4) is 5.88 Å². The van der Waals surface area contributed by atoms with Crippen LogP contribution in [0.25, 0.3) is 0 Å². The molecule has 1 heterocycles. The fourth-order valence-electron chi connectivity index (χ4n) is 1.97. The van der Waals surface area contributed by atoms with E-state index in [1.165, 1.54) is 37.3 Å². The minimum Gasteiger partial charge on any atom is -0.468 e. The predicted molar refractivity (Wildman–Crippen MR) is 87.9 cm³/mol. The van der Waals surface area contributed by atoms with E-state index in [0.717, 1.165) is 12.3 Å². The van der Waals surface area contributed by atoms with Gasteiger partial charge in [0.1, 0.15) is 0 Å². The lowest BCUT2D eigenvalue weighted by atomic mass is 10.2. The number of carbonyl (C=O) groups is 1. The summed E-state index contributed by atoms with van der Waals surface area (Å²) in [6.45, 7) is -0.0123. The van der Waals surface area contributed by atoms with Crippen molar-refractivity contribution in [2.75, 3.05) is 17.7 Å². The third-order valence-corrected chi connectivity index (χ3v) is 5.01. The van der Waals surface area contributed by atoms with Crippen molar-refractivity contribution in [1.82, 2.24) is 4.98 Å². The summed E-state index contributed by atoms with van der Waals surface area (Å²) in [5.74, 6) is -1.10. The molecule has 140 valence electrons. The molecule has 0 unspecified atom stereocenters. The highest BCUT2D eigenvalue weighted by Gasteiger charge is 2.28. The SMILES string of the molecule is CCS(=O)(=O)c1ccccc1C(=O)Nc1ccc(OCC(F)(F)F)nc1. The lowest BCUT2D eigenvalue weighted by molar-refractivity contribution is -0.154. The molecule has 0 spiro atoms. The normalized spacial score (nSPS) is 11.8. The van der Waals surface area contributed by atoms with Crippen LogP contribution in [0, 0.1) is 0 Å². The number of nitrogens with one attached hydrogen (secondary N) is 1. The van der Waals surface area contributed by atoms with Crippen LogP contribution >= 0.6 is 0 Å². The number of hydrogen-bond donors (Lipinski definition) is 1. The van der Waals surface area contributed by atoms with Gasteiger partial charge in [0.05, 0.1) is 28.1 Å². The molecular weight excluding hydrogens is 373 g/mol. The lowest BCUT2D eigenvalue weighted by Crippen LogP contribution is -2.20. The summed E-state index contributed by atoms with van der Waals surface area (Å²) in [5.41, 5.74) is 0.143. The molecule has 1 amide bonds. The molecule has 1 aromatic heterocycles. The Morgan fingerprint density at radius 2 is 1.88 bits per heavy atom. The van der Waals surface area contributed by atoms with E-state index in [4.69, 9.17) is 0 Å². The first-order chi connectivity index (χ1) is 12.1. The van der Waals surface area contributed by atoms with Crippen molar-refractivity contribution in [2.24, 2.45) is 0 Å². The number of sulfone groups is 1. The molecule has 10 heteroatoms. The molecule has 0 atom stereocenters. The predicted octanol–water partition coefficient (Wildman–Crippen LogP) is 3.07. The fourth-order valence-corrected chi connectivity index (χ4v) is 3.07. The summed E-state index contributed by atoms with van der Waals surface area (Å²) in [7, 11) is -3.60. The number of ether oxygens (including phenoxy) is 1. The maximum Gasteiger partial charge on any atom is 0.422 e. The number of hydrogen-bond acceptors (Lipinski definition) is 5. The largest absolute Gasteiger partial charge is 0.468 e. The maximum absolute atomic E-state index is 12.4. The van der Waals surface area contributed by atoms with Crippen LogP contribution in [-0.2, 0) is 9.84 Å². The average Bonchev–Trinajstić information content (AvgIpc) is 2.60. The zero-order valence-electron chi connectivity index (χ0n) is 13.6. The van der Waals surface area contributed by atoms with E-state index < -0.39 is 28.5 Å². The van der Waals surface area contributed by atoms with E-state index in [2.05, 4.69) is 15.0 Å². The van der Waals surface area contributed by atoms with Crippen molar-refractivity contribution in [1.29, 1.82) is 0 Å². The monoisotopic (exact) mass is 388 g/mol. The first kappa shape index (κ1) is 19.7. The number of rotatable bonds is 6. The zero-order valence-corrected chi connectivity index (χ0v) is 14.4. The molecule has 0 aliphatic rings. The average molecular weight is 388 g/mol. The summed E-state index contributed by atoms with van der Waals surface area (Å²) in [5, 5.41) is 2.45. The number of pyridine rings is 1. The van der Waals surface area contributed by atoms with Gasteiger partial charge in [0, 0.05) is 6.07 Å². The molecule has 1 N–H and O–H groups in total. The molecule has 0 fully saturated rings. The molecule has 0 aliphatic carbocycles. The molecule has 26 heavy (non-hydrogen) atoms. The second kappa shape index (κ2) is 7.73. The number of carbonyl (C=O) groups excluding carboxylic acids is 1. The molecule has 2 rings (SSSR count). The summed E-state index contributed by atoms with van der Waals surface area (Å²) >= 11 is 0. The number of anilines is 1. The molecule has 0 aliphatic heterocycles. The first-order valence-electron chi connectivity index (χ1n) is 7.41. The van der Waals surface area contributed by atoms with Gasteiger partial charge in [-0.3, -0.25) is 4.79 Å². The van der Waals surface area contributed by atoms with Crippen molar-refractivity contribution >= 4 is 21.4 Å². The van der Waals surface area contributed by atoms with Crippen LogP contribution in [0.2, 0.25) is 0 Å². The van der Waals surface area contributed by atoms with Crippen LogP contribution in [0.1, 0.15) is 17.3 Å². The summed E-state index contributed by atoms with van der Waals surface area (Å²) in [6, 6.07) is 8.19. The summed E-state index contributed by atoms with van der Waals surface area (Å²) in [6.07, 6.45) is -3.37. The first-order valence-corrected chi connectivity index (χ1v) is 9.06. The molecule has 0 radical (unpaired) electrons.